The molecule has 0 aliphatic carbocycles. The van der Waals surface area contributed by atoms with E-state index in [9.17, 15) is 8.42 Å². The summed E-state index contributed by atoms with van der Waals surface area (Å²) in [6.07, 6.45) is 7.41. The fourth-order valence-corrected chi connectivity index (χ4v) is 3.66. The summed E-state index contributed by atoms with van der Waals surface area (Å²) in [4.78, 5) is 11.5. The molecule has 0 atom stereocenters. The first-order valence-corrected chi connectivity index (χ1v) is 9.96. The van der Waals surface area contributed by atoms with Crippen molar-refractivity contribution in [3.63, 3.8) is 0 Å². The maximum Gasteiger partial charge on any atom is 0.244 e. The molecule has 9 nitrogen and oxygen atoms in total. The van der Waals surface area contributed by atoms with Crippen LogP contribution in [0.25, 0.3) is 16.9 Å². The minimum atomic E-state index is -4.28. The van der Waals surface area contributed by atoms with Gasteiger partial charge in [-0.25, -0.2) is 32.4 Å². The van der Waals surface area contributed by atoms with Crippen molar-refractivity contribution < 1.29 is 17.5 Å². The molecule has 0 aromatic carbocycles. The number of halogens is 1. The van der Waals surface area contributed by atoms with E-state index in [4.69, 9.17) is 9.88 Å². The Morgan fingerprint density at radius 1 is 1.10 bits per heavy atom. The fraction of sp³-hybridized carbons (Fsp3) is 0.0526. The number of sulfonamides is 1. The highest BCUT2D eigenvalue weighted by atomic mass is 32.2. The standard InChI is InChI=1S/C19H13FN6O3S/c1-29-19-17(30(21,27)28)14(6-9-24-19)16-15(20)12(5-8-22-16)3-4-13-11-25-26-10-2-7-23-18(13)26/h2,5-11H,1H3,(H2,21,27,28). The molecule has 4 heterocycles. The maximum atomic E-state index is 15.2. The Hall–Kier alpha value is -3.88. The number of hydrogen-bond acceptors (Lipinski definition) is 7. The number of fused-ring (bicyclic) bond motifs is 1. The molecule has 0 saturated carbocycles. The Labute approximate surface area is 170 Å². The average molecular weight is 424 g/mol. The van der Waals surface area contributed by atoms with Crippen LogP contribution in [0.2, 0.25) is 0 Å². The van der Waals surface area contributed by atoms with Crippen LogP contribution in [0.1, 0.15) is 11.1 Å². The summed E-state index contributed by atoms with van der Waals surface area (Å²) < 4.78 is 45.9. The highest BCUT2D eigenvalue weighted by molar-refractivity contribution is 7.89. The van der Waals surface area contributed by atoms with Gasteiger partial charge in [0.2, 0.25) is 15.9 Å². The Morgan fingerprint density at radius 2 is 1.87 bits per heavy atom. The van der Waals surface area contributed by atoms with Gasteiger partial charge in [-0.15, -0.1) is 0 Å². The van der Waals surface area contributed by atoms with Gasteiger partial charge in [0, 0.05) is 30.4 Å². The zero-order chi connectivity index (χ0) is 21.3. The predicted octanol–water partition coefficient (Wildman–Crippen LogP) is 1.38. The van der Waals surface area contributed by atoms with Crippen molar-refractivity contribution in [1.82, 2.24) is 24.6 Å². The molecule has 0 spiro atoms. The molecular formula is C19H13FN6O3S. The number of pyridine rings is 2. The van der Waals surface area contributed by atoms with Crippen LogP contribution in [0.3, 0.4) is 0 Å². The molecule has 0 fully saturated rings. The summed E-state index contributed by atoms with van der Waals surface area (Å²) in [5.74, 6) is 4.47. The molecule has 4 aromatic heterocycles. The van der Waals surface area contributed by atoms with Gasteiger partial charge in [0.15, 0.2) is 16.4 Å². The third kappa shape index (κ3) is 3.45. The van der Waals surface area contributed by atoms with E-state index in [-0.39, 0.29) is 22.7 Å². The van der Waals surface area contributed by atoms with Crippen LogP contribution in [0.4, 0.5) is 4.39 Å². The normalized spacial score (nSPS) is 11.2. The molecule has 11 heteroatoms. The van der Waals surface area contributed by atoms with E-state index < -0.39 is 20.7 Å². The third-order valence-electron chi connectivity index (χ3n) is 4.11. The molecule has 2 N–H and O–H groups in total. The van der Waals surface area contributed by atoms with Crippen LogP contribution in [-0.4, -0.2) is 40.1 Å². The van der Waals surface area contributed by atoms with Crippen LogP contribution in [0.5, 0.6) is 5.88 Å². The van der Waals surface area contributed by atoms with Crippen LogP contribution < -0.4 is 9.88 Å². The van der Waals surface area contributed by atoms with E-state index in [1.807, 2.05) is 0 Å². The summed E-state index contributed by atoms with van der Waals surface area (Å²) in [6.45, 7) is 0. The number of rotatable bonds is 3. The van der Waals surface area contributed by atoms with Gasteiger partial charge >= 0.3 is 0 Å². The number of methoxy groups -OCH3 is 1. The molecular weight excluding hydrogens is 411 g/mol. The molecule has 0 unspecified atom stereocenters. The van der Waals surface area contributed by atoms with Crippen LogP contribution >= 0.6 is 0 Å². The summed E-state index contributed by atoms with van der Waals surface area (Å²) in [7, 11) is -3.04. The van der Waals surface area contributed by atoms with Gasteiger partial charge in [-0.2, -0.15) is 5.10 Å². The molecule has 0 radical (unpaired) electrons. The largest absolute Gasteiger partial charge is 0.480 e. The predicted molar refractivity (Wildman–Crippen MR) is 104 cm³/mol. The molecule has 150 valence electrons. The number of primary sulfonamides is 1. The van der Waals surface area contributed by atoms with Crippen molar-refractivity contribution in [3.8, 4) is 29.0 Å². The van der Waals surface area contributed by atoms with Crippen LogP contribution in [0.15, 0.2) is 54.1 Å². The second-order valence-corrected chi connectivity index (χ2v) is 7.46. The number of nitrogens with two attached hydrogens (primary N) is 1. The van der Waals surface area contributed by atoms with Gasteiger partial charge in [0.05, 0.1) is 24.4 Å². The van der Waals surface area contributed by atoms with Crippen molar-refractivity contribution >= 4 is 15.7 Å². The maximum absolute atomic E-state index is 15.2. The first kappa shape index (κ1) is 19.4. The minimum absolute atomic E-state index is 0.00595. The lowest BCUT2D eigenvalue weighted by molar-refractivity contribution is 0.385. The molecule has 4 aromatic rings. The summed E-state index contributed by atoms with van der Waals surface area (Å²) in [5.41, 5.74) is 0.707. The Bertz CT molecular complexity index is 1440. The van der Waals surface area contributed by atoms with Gasteiger partial charge in [0.1, 0.15) is 5.69 Å². The van der Waals surface area contributed by atoms with E-state index in [2.05, 4.69) is 31.9 Å². The Balaban J connectivity index is 1.85. The second kappa shape index (κ2) is 7.51. The molecule has 0 saturated heterocycles. The van der Waals surface area contributed by atoms with E-state index in [0.717, 1.165) is 0 Å². The Kier molecular flexibility index (Phi) is 4.86. The number of hydrogen-bond donors (Lipinski definition) is 1. The van der Waals surface area contributed by atoms with Crippen molar-refractivity contribution in [3.05, 3.63) is 66.1 Å². The van der Waals surface area contributed by atoms with Crippen LogP contribution in [0, 0.1) is 17.7 Å². The molecule has 0 amide bonds. The summed E-state index contributed by atoms with van der Waals surface area (Å²) in [6, 6.07) is 4.39. The van der Waals surface area contributed by atoms with E-state index in [1.165, 1.54) is 37.8 Å². The van der Waals surface area contributed by atoms with Gasteiger partial charge in [0.25, 0.3) is 0 Å². The lowest BCUT2D eigenvalue weighted by Gasteiger charge is -2.11. The number of ether oxygens (including phenoxy) is 1. The fourth-order valence-electron chi connectivity index (χ4n) is 2.81. The summed E-state index contributed by atoms with van der Waals surface area (Å²) >= 11 is 0. The highest BCUT2D eigenvalue weighted by Gasteiger charge is 2.25. The molecule has 0 aliphatic rings. The second-order valence-electron chi connectivity index (χ2n) is 5.96. The zero-order valence-corrected chi connectivity index (χ0v) is 16.3. The third-order valence-corrected chi connectivity index (χ3v) is 5.07. The SMILES string of the molecule is COc1nccc(-c2nccc(C#Cc3cnn4cccnc34)c2F)c1S(N)(=O)=O. The van der Waals surface area contributed by atoms with Crippen molar-refractivity contribution in [2.45, 2.75) is 4.90 Å². The lowest BCUT2D eigenvalue weighted by Crippen LogP contribution is -2.16. The molecule has 0 aliphatic heterocycles. The van der Waals surface area contributed by atoms with Gasteiger partial charge < -0.3 is 4.74 Å². The quantitative estimate of drug-likeness (QED) is 0.493. The number of nitrogens with zero attached hydrogens (tertiary/aromatic N) is 5. The van der Waals surface area contributed by atoms with Crippen LogP contribution in [-0.2, 0) is 10.0 Å². The summed E-state index contributed by atoms with van der Waals surface area (Å²) in [5, 5.41) is 9.41. The molecule has 30 heavy (non-hydrogen) atoms. The molecule has 4 rings (SSSR count). The van der Waals surface area contributed by atoms with Gasteiger partial charge in [-0.3, -0.25) is 4.98 Å². The first-order chi connectivity index (χ1) is 14.4. The van der Waals surface area contributed by atoms with E-state index in [0.29, 0.717) is 11.2 Å². The number of aromatic nitrogens is 5. The average Bonchev–Trinajstić information content (AvgIpc) is 3.15. The zero-order valence-electron chi connectivity index (χ0n) is 15.4. The molecule has 0 bridgehead atoms. The van der Waals surface area contributed by atoms with Crippen molar-refractivity contribution in [1.29, 1.82) is 0 Å². The highest BCUT2D eigenvalue weighted by Crippen LogP contribution is 2.33. The smallest absolute Gasteiger partial charge is 0.244 e. The monoisotopic (exact) mass is 424 g/mol. The topological polar surface area (TPSA) is 125 Å². The van der Waals surface area contributed by atoms with Crippen molar-refractivity contribution in [2.24, 2.45) is 5.14 Å². The first-order valence-electron chi connectivity index (χ1n) is 8.41. The van der Waals surface area contributed by atoms with E-state index >= 15 is 4.39 Å². The van der Waals surface area contributed by atoms with Gasteiger partial charge in [-0.05, 0) is 18.2 Å². The minimum Gasteiger partial charge on any atom is -0.480 e. The Morgan fingerprint density at radius 3 is 2.63 bits per heavy atom. The lowest BCUT2D eigenvalue weighted by atomic mass is 10.1. The van der Waals surface area contributed by atoms with Crippen molar-refractivity contribution in [2.75, 3.05) is 7.11 Å². The van der Waals surface area contributed by atoms with E-state index in [1.54, 1.807) is 23.0 Å². The van der Waals surface area contributed by atoms with Gasteiger partial charge in [-0.1, -0.05) is 11.8 Å².